The van der Waals surface area contributed by atoms with Crippen molar-refractivity contribution in [1.29, 1.82) is 0 Å². The number of ether oxygens (including phenoxy) is 3. The van der Waals surface area contributed by atoms with Crippen LogP contribution in [0.3, 0.4) is 0 Å². The van der Waals surface area contributed by atoms with Crippen molar-refractivity contribution in [2.75, 3.05) is 41.0 Å². The van der Waals surface area contributed by atoms with Gasteiger partial charge in [0, 0.05) is 27.2 Å². The van der Waals surface area contributed by atoms with Crippen molar-refractivity contribution in [2.24, 2.45) is 4.99 Å². The Hall–Kier alpha value is -2.73. The molecule has 2 aromatic rings. The highest BCUT2D eigenvalue weighted by molar-refractivity contribution is 5.79. The molecule has 0 aliphatic carbocycles. The molecule has 0 fully saturated rings. The van der Waals surface area contributed by atoms with Crippen LogP contribution >= 0.6 is 0 Å². The van der Waals surface area contributed by atoms with Crippen LogP contribution in [0.4, 0.5) is 0 Å². The molecule has 0 saturated heterocycles. The number of methoxy groups -OCH3 is 2. The summed E-state index contributed by atoms with van der Waals surface area (Å²) in [6.45, 7) is 4.68. The summed E-state index contributed by atoms with van der Waals surface area (Å²) < 4.78 is 16.0. The minimum Gasteiger partial charge on any atom is -0.496 e. The third-order valence-electron chi connectivity index (χ3n) is 4.29. The summed E-state index contributed by atoms with van der Waals surface area (Å²) in [5, 5.41) is 6.68. The average molecular weight is 386 g/mol. The molecular weight excluding hydrogens is 354 g/mol. The summed E-state index contributed by atoms with van der Waals surface area (Å²) in [5.74, 6) is 2.53. The molecule has 6 nitrogen and oxygen atoms in total. The standard InChI is InChI=1S/C22H31N3O3/c1-17-5-10-21(27-4)19(15-17)11-12-24-22(23-2)25-16-18-6-8-20(9-7-18)28-14-13-26-3/h5-10,15H,11-14,16H2,1-4H3,(H2,23,24,25). The second kappa shape index (κ2) is 11.9. The molecular formula is C22H31N3O3. The van der Waals surface area contributed by atoms with Gasteiger partial charge in [0.2, 0.25) is 0 Å². The highest BCUT2D eigenvalue weighted by atomic mass is 16.5. The molecule has 152 valence electrons. The van der Waals surface area contributed by atoms with E-state index in [1.165, 1.54) is 11.1 Å². The molecule has 0 aliphatic heterocycles. The average Bonchev–Trinajstić information content (AvgIpc) is 2.72. The lowest BCUT2D eigenvalue weighted by Gasteiger charge is -2.14. The van der Waals surface area contributed by atoms with E-state index < -0.39 is 0 Å². The summed E-state index contributed by atoms with van der Waals surface area (Å²) in [7, 11) is 5.14. The van der Waals surface area contributed by atoms with Crippen LogP contribution in [-0.4, -0.2) is 47.0 Å². The maximum atomic E-state index is 5.58. The first-order valence-corrected chi connectivity index (χ1v) is 9.45. The van der Waals surface area contributed by atoms with Crippen molar-refractivity contribution in [1.82, 2.24) is 10.6 Å². The Labute approximate surface area is 167 Å². The number of guanidine groups is 1. The molecule has 2 rings (SSSR count). The quantitative estimate of drug-likeness (QED) is 0.374. The molecule has 28 heavy (non-hydrogen) atoms. The van der Waals surface area contributed by atoms with Crippen LogP contribution in [0.15, 0.2) is 47.5 Å². The first kappa shape index (κ1) is 21.6. The van der Waals surface area contributed by atoms with Gasteiger partial charge in [-0.1, -0.05) is 29.8 Å². The Morgan fingerprint density at radius 2 is 1.79 bits per heavy atom. The fourth-order valence-electron chi connectivity index (χ4n) is 2.77. The second-order valence-corrected chi connectivity index (χ2v) is 6.40. The van der Waals surface area contributed by atoms with Crippen LogP contribution in [0.5, 0.6) is 11.5 Å². The molecule has 2 N–H and O–H groups in total. The molecule has 0 unspecified atom stereocenters. The summed E-state index contributed by atoms with van der Waals surface area (Å²) >= 11 is 0. The predicted molar refractivity (Wildman–Crippen MR) is 113 cm³/mol. The summed E-state index contributed by atoms with van der Waals surface area (Å²) in [4.78, 5) is 4.29. The fraction of sp³-hybridized carbons (Fsp3) is 0.409. The third kappa shape index (κ3) is 7.12. The van der Waals surface area contributed by atoms with Gasteiger partial charge < -0.3 is 24.8 Å². The zero-order valence-electron chi connectivity index (χ0n) is 17.2. The van der Waals surface area contributed by atoms with Crippen LogP contribution < -0.4 is 20.1 Å². The number of hydrogen-bond donors (Lipinski definition) is 2. The lowest BCUT2D eigenvalue weighted by molar-refractivity contribution is 0.146. The largest absolute Gasteiger partial charge is 0.496 e. The van der Waals surface area contributed by atoms with Gasteiger partial charge in [-0.3, -0.25) is 4.99 Å². The van der Waals surface area contributed by atoms with Gasteiger partial charge in [0.25, 0.3) is 0 Å². The summed E-state index contributed by atoms with van der Waals surface area (Å²) in [6, 6.07) is 14.2. The number of benzene rings is 2. The molecule has 0 bridgehead atoms. The van der Waals surface area contributed by atoms with E-state index in [1.807, 2.05) is 30.3 Å². The number of rotatable bonds is 10. The van der Waals surface area contributed by atoms with Crippen molar-refractivity contribution < 1.29 is 14.2 Å². The zero-order valence-corrected chi connectivity index (χ0v) is 17.2. The number of hydrogen-bond acceptors (Lipinski definition) is 4. The van der Waals surface area contributed by atoms with Crippen molar-refractivity contribution in [2.45, 2.75) is 19.9 Å². The predicted octanol–water partition coefficient (Wildman–Crippen LogP) is 2.94. The molecule has 0 aliphatic rings. The van der Waals surface area contributed by atoms with Crippen LogP contribution in [0.25, 0.3) is 0 Å². The number of nitrogens with zero attached hydrogens (tertiary/aromatic N) is 1. The molecule has 0 atom stereocenters. The van der Waals surface area contributed by atoms with Gasteiger partial charge in [0.1, 0.15) is 18.1 Å². The molecule has 0 radical (unpaired) electrons. The molecule has 0 spiro atoms. The van der Waals surface area contributed by atoms with E-state index in [1.54, 1.807) is 21.3 Å². The van der Waals surface area contributed by atoms with Crippen LogP contribution in [-0.2, 0) is 17.7 Å². The Kier molecular flexibility index (Phi) is 9.15. The van der Waals surface area contributed by atoms with Gasteiger partial charge in [0.05, 0.1) is 13.7 Å². The highest BCUT2D eigenvalue weighted by Gasteiger charge is 2.04. The SMILES string of the molecule is CN=C(NCCc1cc(C)ccc1OC)NCc1ccc(OCCOC)cc1. The van der Waals surface area contributed by atoms with Gasteiger partial charge in [-0.05, 0) is 42.7 Å². The van der Waals surface area contributed by atoms with Crippen molar-refractivity contribution in [3.8, 4) is 11.5 Å². The second-order valence-electron chi connectivity index (χ2n) is 6.40. The van der Waals surface area contributed by atoms with Crippen LogP contribution in [0.2, 0.25) is 0 Å². The number of aryl methyl sites for hydroxylation is 1. The summed E-state index contributed by atoms with van der Waals surface area (Å²) in [6.07, 6.45) is 0.860. The first-order chi connectivity index (χ1) is 13.7. The van der Waals surface area contributed by atoms with Crippen molar-refractivity contribution in [3.63, 3.8) is 0 Å². The molecule has 0 amide bonds. The maximum Gasteiger partial charge on any atom is 0.191 e. The number of nitrogens with one attached hydrogen (secondary N) is 2. The molecule has 6 heteroatoms. The van der Waals surface area contributed by atoms with Gasteiger partial charge in [-0.2, -0.15) is 0 Å². The Morgan fingerprint density at radius 3 is 2.46 bits per heavy atom. The first-order valence-electron chi connectivity index (χ1n) is 9.45. The molecule has 0 aromatic heterocycles. The minimum atomic E-state index is 0.552. The van der Waals surface area contributed by atoms with Gasteiger partial charge >= 0.3 is 0 Å². The summed E-state index contributed by atoms with van der Waals surface area (Å²) in [5.41, 5.74) is 3.57. The van der Waals surface area contributed by atoms with Crippen LogP contribution in [0.1, 0.15) is 16.7 Å². The van der Waals surface area contributed by atoms with E-state index >= 15 is 0 Å². The van der Waals surface area contributed by atoms with Crippen molar-refractivity contribution in [3.05, 3.63) is 59.2 Å². The Morgan fingerprint density at radius 1 is 1.00 bits per heavy atom. The van der Waals surface area contributed by atoms with Gasteiger partial charge in [0.15, 0.2) is 5.96 Å². The van der Waals surface area contributed by atoms with Gasteiger partial charge in [-0.15, -0.1) is 0 Å². The van der Waals surface area contributed by atoms with E-state index in [9.17, 15) is 0 Å². The lowest BCUT2D eigenvalue weighted by Crippen LogP contribution is -2.37. The zero-order chi connectivity index (χ0) is 20.2. The molecule has 0 heterocycles. The van der Waals surface area contributed by atoms with Crippen molar-refractivity contribution >= 4 is 5.96 Å². The maximum absolute atomic E-state index is 5.58. The normalized spacial score (nSPS) is 11.2. The Bertz CT molecular complexity index is 745. The Balaban J connectivity index is 1.78. The third-order valence-corrected chi connectivity index (χ3v) is 4.29. The van der Waals surface area contributed by atoms with E-state index in [0.29, 0.717) is 19.8 Å². The number of aliphatic imine (C=N–C) groups is 1. The van der Waals surface area contributed by atoms with E-state index in [-0.39, 0.29) is 0 Å². The fourth-order valence-corrected chi connectivity index (χ4v) is 2.77. The topological polar surface area (TPSA) is 64.1 Å². The lowest BCUT2D eigenvalue weighted by atomic mass is 10.1. The van der Waals surface area contributed by atoms with E-state index in [2.05, 4.69) is 34.7 Å². The highest BCUT2D eigenvalue weighted by Crippen LogP contribution is 2.19. The van der Waals surface area contributed by atoms with E-state index in [0.717, 1.165) is 36.0 Å². The monoisotopic (exact) mass is 385 g/mol. The molecule has 2 aromatic carbocycles. The molecule has 0 saturated carbocycles. The van der Waals surface area contributed by atoms with Crippen LogP contribution in [0, 0.1) is 6.92 Å². The van der Waals surface area contributed by atoms with E-state index in [4.69, 9.17) is 14.2 Å². The smallest absolute Gasteiger partial charge is 0.191 e. The van der Waals surface area contributed by atoms with Gasteiger partial charge in [-0.25, -0.2) is 0 Å². The minimum absolute atomic E-state index is 0.552.